The lowest BCUT2D eigenvalue weighted by Crippen LogP contribution is -2.39. The van der Waals surface area contributed by atoms with Gasteiger partial charge in [-0.25, -0.2) is 14.4 Å². The number of carbonyl (C=O) groups excluding carboxylic acids is 4. The number of fused-ring (bicyclic) bond motifs is 1. The van der Waals surface area contributed by atoms with E-state index in [9.17, 15) is 19.2 Å². The molecule has 3 aromatic carbocycles. The van der Waals surface area contributed by atoms with E-state index in [0.29, 0.717) is 27.8 Å². The molecule has 0 unspecified atom stereocenters. The molecule has 222 valence electrons. The zero-order valence-electron chi connectivity index (χ0n) is 24.4. The first-order chi connectivity index (χ1) is 21.1. The van der Waals surface area contributed by atoms with Gasteiger partial charge in [0.2, 0.25) is 11.7 Å². The second-order valence-electron chi connectivity index (χ2n) is 10.7. The Labute approximate surface area is 258 Å². The topological polar surface area (TPSA) is 114 Å². The standard InChI is InChI=1S/C33H28ClN5O5/c1-5-44-33(43)28-25(20(4)38(36-28)23-14-8-19(3)9-15-23)30(40)27-26-29(39(35-27)24-16-10-21(34)11-17-24)32(42)37(31(26)41)22-12-6-18(2)7-13-22/h6-17,26,29H,5H2,1-4H3/t26-,29+/m1/s1. The lowest BCUT2D eigenvalue weighted by molar-refractivity contribution is -0.121. The van der Waals surface area contributed by atoms with E-state index in [1.165, 1.54) is 9.69 Å². The summed E-state index contributed by atoms with van der Waals surface area (Å²) in [5.74, 6) is -3.83. The molecule has 2 amide bonds. The minimum absolute atomic E-state index is 0.0477. The number of aromatic nitrogens is 2. The van der Waals surface area contributed by atoms with E-state index >= 15 is 0 Å². The zero-order chi connectivity index (χ0) is 31.3. The van der Waals surface area contributed by atoms with Gasteiger partial charge in [0.1, 0.15) is 17.7 Å². The number of anilines is 2. The summed E-state index contributed by atoms with van der Waals surface area (Å²) in [5, 5.41) is 10.9. The van der Waals surface area contributed by atoms with E-state index < -0.39 is 35.5 Å². The van der Waals surface area contributed by atoms with E-state index in [0.717, 1.165) is 16.0 Å². The quantitative estimate of drug-likeness (QED) is 0.160. The molecule has 4 aromatic rings. The van der Waals surface area contributed by atoms with Gasteiger partial charge in [0.05, 0.1) is 34.9 Å². The maximum absolute atomic E-state index is 14.5. The van der Waals surface area contributed by atoms with Crippen LogP contribution in [0.5, 0.6) is 0 Å². The molecule has 1 saturated heterocycles. The summed E-state index contributed by atoms with van der Waals surface area (Å²) in [5.41, 5.74) is 3.41. The van der Waals surface area contributed by atoms with Gasteiger partial charge in [0, 0.05) is 5.02 Å². The van der Waals surface area contributed by atoms with Crippen LogP contribution in [-0.2, 0) is 14.3 Å². The van der Waals surface area contributed by atoms with Crippen molar-refractivity contribution < 1.29 is 23.9 Å². The van der Waals surface area contributed by atoms with Crippen LogP contribution in [0.15, 0.2) is 77.9 Å². The second-order valence-corrected chi connectivity index (χ2v) is 11.1. The van der Waals surface area contributed by atoms with Gasteiger partial charge in [-0.3, -0.25) is 19.4 Å². The molecule has 10 nitrogen and oxygen atoms in total. The highest BCUT2D eigenvalue weighted by molar-refractivity contribution is 6.54. The summed E-state index contributed by atoms with van der Waals surface area (Å²) in [6.07, 6.45) is 0. The third-order valence-electron chi connectivity index (χ3n) is 7.76. The van der Waals surface area contributed by atoms with Crippen molar-refractivity contribution in [1.29, 1.82) is 0 Å². The summed E-state index contributed by atoms with van der Waals surface area (Å²) >= 11 is 6.12. The third-order valence-corrected chi connectivity index (χ3v) is 8.01. The SMILES string of the molecule is CCOC(=O)c1nn(-c2ccc(C)cc2)c(C)c1C(=O)C1=NN(c2ccc(Cl)cc2)[C@@H]2C(=O)N(c3ccc(C)cc3)C(=O)[C@H]12. The number of benzene rings is 3. The van der Waals surface area contributed by atoms with Crippen molar-refractivity contribution in [3.05, 3.63) is 106 Å². The monoisotopic (exact) mass is 609 g/mol. The van der Waals surface area contributed by atoms with E-state index in [4.69, 9.17) is 16.3 Å². The molecular formula is C33H28ClN5O5. The summed E-state index contributed by atoms with van der Waals surface area (Å²) in [7, 11) is 0. The van der Waals surface area contributed by atoms with Crippen molar-refractivity contribution in [1.82, 2.24) is 9.78 Å². The largest absolute Gasteiger partial charge is 0.461 e. The smallest absolute Gasteiger partial charge is 0.359 e. The van der Waals surface area contributed by atoms with Crippen LogP contribution >= 0.6 is 11.6 Å². The molecule has 0 N–H and O–H groups in total. The summed E-state index contributed by atoms with van der Waals surface area (Å²) in [4.78, 5) is 56.7. The van der Waals surface area contributed by atoms with Gasteiger partial charge in [-0.15, -0.1) is 0 Å². The summed E-state index contributed by atoms with van der Waals surface area (Å²) in [6.45, 7) is 7.23. The normalized spacial score (nSPS) is 17.6. The van der Waals surface area contributed by atoms with Crippen molar-refractivity contribution in [2.24, 2.45) is 11.0 Å². The van der Waals surface area contributed by atoms with Crippen molar-refractivity contribution in [2.45, 2.75) is 33.7 Å². The number of amides is 2. The fraction of sp³-hybridized carbons (Fsp3) is 0.212. The predicted molar refractivity (Wildman–Crippen MR) is 166 cm³/mol. The molecule has 2 atom stereocenters. The number of Topliss-reactive ketones (excluding diaryl/α,β-unsaturated/α-hetero) is 1. The van der Waals surface area contributed by atoms with Gasteiger partial charge in [-0.05, 0) is 76.2 Å². The van der Waals surface area contributed by atoms with E-state index in [1.54, 1.807) is 62.4 Å². The average molecular weight is 610 g/mol. The number of carbonyl (C=O) groups is 4. The van der Waals surface area contributed by atoms with E-state index in [-0.39, 0.29) is 23.6 Å². The van der Waals surface area contributed by atoms with Crippen molar-refractivity contribution >= 4 is 52.3 Å². The molecule has 0 spiro atoms. The molecule has 0 saturated carbocycles. The predicted octanol–water partition coefficient (Wildman–Crippen LogP) is 5.24. The van der Waals surface area contributed by atoms with Gasteiger partial charge in [-0.1, -0.05) is 47.0 Å². The first-order valence-electron chi connectivity index (χ1n) is 14.1. The molecule has 0 radical (unpaired) electrons. The van der Waals surface area contributed by atoms with Gasteiger partial charge in [-0.2, -0.15) is 10.2 Å². The Morgan fingerprint density at radius 3 is 1.98 bits per heavy atom. The fourth-order valence-electron chi connectivity index (χ4n) is 5.54. The maximum Gasteiger partial charge on any atom is 0.359 e. The molecule has 2 aliphatic rings. The Kier molecular flexibility index (Phi) is 7.38. The summed E-state index contributed by atoms with van der Waals surface area (Å²) in [6, 6.07) is 19.9. The molecular weight excluding hydrogens is 582 g/mol. The Bertz CT molecular complexity index is 1850. The van der Waals surface area contributed by atoms with Gasteiger partial charge in [0.15, 0.2) is 5.69 Å². The van der Waals surface area contributed by atoms with Crippen molar-refractivity contribution in [3.63, 3.8) is 0 Å². The number of nitrogens with zero attached hydrogens (tertiary/aromatic N) is 5. The van der Waals surface area contributed by atoms with Crippen LogP contribution < -0.4 is 9.91 Å². The number of ketones is 1. The number of rotatable bonds is 7. The molecule has 3 heterocycles. The van der Waals surface area contributed by atoms with Crippen LogP contribution in [0.3, 0.4) is 0 Å². The maximum atomic E-state index is 14.5. The number of hydrazone groups is 1. The number of hydrogen-bond donors (Lipinski definition) is 0. The van der Waals surface area contributed by atoms with E-state index in [2.05, 4.69) is 10.2 Å². The number of aryl methyl sites for hydroxylation is 2. The van der Waals surface area contributed by atoms with Gasteiger partial charge in [0.25, 0.3) is 5.91 Å². The first kappa shape index (κ1) is 29.0. The Morgan fingerprint density at radius 2 is 1.39 bits per heavy atom. The minimum Gasteiger partial charge on any atom is -0.461 e. The van der Waals surface area contributed by atoms with Gasteiger partial charge < -0.3 is 4.74 Å². The third kappa shape index (κ3) is 4.77. The van der Waals surface area contributed by atoms with Crippen LogP contribution in [0, 0.1) is 26.7 Å². The lowest BCUT2D eigenvalue weighted by atomic mass is 9.91. The molecule has 0 aliphatic carbocycles. The molecule has 11 heteroatoms. The summed E-state index contributed by atoms with van der Waals surface area (Å²) < 4.78 is 6.75. The molecule has 1 aromatic heterocycles. The highest BCUT2D eigenvalue weighted by atomic mass is 35.5. The molecule has 6 rings (SSSR count). The molecule has 0 bridgehead atoms. The lowest BCUT2D eigenvalue weighted by Gasteiger charge is -2.22. The zero-order valence-corrected chi connectivity index (χ0v) is 25.2. The average Bonchev–Trinajstić information content (AvgIpc) is 3.65. The van der Waals surface area contributed by atoms with Crippen LogP contribution in [0.1, 0.15) is 44.6 Å². The van der Waals surface area contributed by atoms with E-state index in [1.807, 2.05) is 38.1 Å². The minimum atomic E-state index is -1.23. The number of hydrogen-bond acceptors (Lipinski definition) is 8. The first-order valence-corrected chi connectivity index (χ1v) is 14.4. The van der Waals surface area contributed by atoms with Gasteiger partial charge >= 0.3 is 5.97 Å². The van der Waals surface area contributed by atoms with Crippen LogP contribution in [0.2, 0.25) is 5.02 Å². The molecule has 2 aliphatic heterocycles. The van der Waals surface area contributed by atoms with Crippen molar-refractivity contribution in [2.75, 3.05) is 16.5 Å². The number of ether oxygens (including phenoxy) is 1. The highest BCUT2D eigenvalue weighted by Crippen LogP contribution is 2.39. The number of imide groups is 1. The molecule has 44 heavy (non-hydrogen) atoms. The fourth-order valence-corrected chi connectivity index (χ4v) is 5.67. The van der Waals surface area contributed by atoms with Crippen LogP contribution in [0.4, 0.5) is 11.4 Å². The second kappa shape index (κ2) is 11.2. The van der Waals surface area contributed by atoms with Crippen molar-refractivity contribution in [3.8, 4) is 5.69 Å². The van der Waals surface area contributed by atoms with Crippen LogP contribution in [0.25, 0.3) is 5.69 Å². The Morgan fingerprint density at radius 1 is 0.818 bits per heavy atom. The molecule has 1 fully saturated rings. The number of esters is 1. The Hall–Kier alpha value is -5.09. The van der Waals surface area contributed by atoms with Crippen LogP contribution in [-0.4, -0.2) is 51.7 Å². The number of halogens is 1. The highest BCUT2D eigenvalue weighted by Gasteiger charge is 2.59. The Balaban J connectivity index is 1.50.